The maximum absolute atomic E-state index is 5.48. The maximum atomic E-state index is 5.48. The van der Waals surface area contributed by atoms with Gasteiger partial charge in [0.2, 0.25) is 0 Å². The number of hydrogen-bond donors (Lipinski definition) is 2. The van der Waals surface area contributed by atoms with Gasteiger partial charge in [0.15, 0.2) is 11.7 Å². The summed E-state index contributed by atoms with van der Waals surface area (Å²) in [4.78, 5) is 6.74. The molecule has 1 aliphatic rings. The number of nitrogens with zero attached hydrogens (tertiary/aromatic N) is 3. The van der Waals surface area contributed by atoms with Crippen LogP contribution in [-0.4, -0.2) is 51.5 Å². The van der Waals surface area contributed by atoms with Crippen molar-refractivity contribution in [3.8, 4) is 22.8 Å². The van der Waals surface area contributed by atoms with Crippen LogP contribution in [0.1, 0.15) is 18.5 Å². The molecule has 3 aromatic rings. The van der Waals surface area contributed by atoms with Gasteiger partial charge in [0.1, 0.15) is 17.2 Å². The highest BCUT2D eigenvalue weighted by atomic mass is 16.5. The minimum atomic E-state index is 0.345. The van der Waals surface area contributed by atoms with E-state index in [0.29, 0.717) is 12.6 Å². The molecular weight excluding hydrogens is 418 g/mol. The van der Waals surface area contributed by atoms with Crippen LogP contribution in [0.3, 0.4) is 0 Å². The quantitative estimate of drug-likeness (QED) is 0.420. The van der Waals surface area contributed by atoms with E-state index in [-0.39, 0.29) is 0 Å². The van der Waals surface area contributed by atoms with Gasteiger partial charge >= 0.3 is 0 Å². The van der Waals surface area contributed by atoms with Crippen LogP contribution >= 0.6 is 0 Å². The van der Waals surface area contributed by atoms with Gasteiger partial charge in [-0.1, -0.05) is 35.5 Å². The van der Waals surface area contributed by atoms with Crippen LogP contribution in [0, 0.1) is 0 Å². The maximum Gasteiger partial charge on any atom is 0.191 e. The minimum Gasteiger partial charge on any atom is -0.497 e. The lowest BCUT2D eigenvalue weighted by Crippen LogP contribution is -2.48. The molecule has 174 valence electrons. The van der Waals surface area contributed by atoms with Crippen molar-refractivity contribution < 1.29 is 14.0 Å². The second-order valence-corrected chi connectivity index (χ2v) is 7.95. The molecule has 1 aliphatic heterocycles. The summed E-state index contributed by atoms with van der Waals surface area (Å²) in [5, 5.41) is 11.0. The highest BCUT2D eigenvalue weighted by Gasteiger charge is 2.21. The second kappa shape index (κ2) is 10.8. The van der Waals surface area contributed by atoms with Crippen LogP contribution in [0.5, 0.6) is 11.5 Å². The molecule has 0 amide bonds. The Bertz CT molecular complexity index is 1040. The minimum absolute atomic E-state index is 0.345. The van der Waals surface area contributed by atoms with Crippen molar-refractivity contribution in [2.24, 2.45) is 4.99 Å². The SMILES string of the molecule is CN=C(NCc1cc(-c2ccccc2)on1)NC1CCN(c2cc(OC)cc(OC)c2)CC1. The molecule has 1 saturated heterocycles. The van der Waals surface area contributed by atoms with E-state index in [9.17, 15) is 0 Å². The number of hydrogen-bond acceptors (Lipinski definition) is 6. The molecule has 8 nitrogen and oxygen atoms in total. The van der Waals surface area contributed by atoms with E-state index in [2.05, 4.69) is 37.8 Å². The monoisotopic (exact) mass is 449 g/mol. The Morgan fingerprint density at radius 2 is 1.76 bits per heavy atom. The Balaban J connectivity index is 1.28. The van der Waals surface area contributed by atoms with Crippen molar-refractivity contribution >= 4 is 11.6 Å². The van der Waals surface area contributed by atoms with Crippen LogP contribution in [-0.2, 0) is 6.54 Å². The molecule has 0 spiro atoms. The first-order valence-corrected chi connectivity index (χ1v) is 11.1. The summed E-state index contributed by atoms with van der Waals surface area (Å²) >= 11 is 0. The van der Waals surface area contributed by atoms with Crippen molar-refractivity contribution in [2.45, 2.75) is 25.4 Å². The van der Waals surface area contributed by atoms with E-state index in [4.69, 9.17) is 14.0 Å². The molecule has 2 N–H and O–H groups in total. The van der Waals surface area contributed by atoms with Gasteiger partial charge in [-0.15, -0.1) is 0 Å². The molecule has 0 bridgehead atoms. The summed E-state index contributed by atoms with van der Waals surface area (Å²) in [5.74, 6) is 3.13. The van der Waals surface area contributed by atoms with E-state index < -0.39 is 0 Å². The molecule has 4 rings (SSSR count). The van der Waals surface area contributed by atoms with Crippen LogP contribution in [0.15, 0.2) is 64.1 Å². The van der Waals surface area contributed by atoms with Crippen molar-refractivity contribution in [3.63, 3.8) is 0 Å². The third-order valence-corrected chi connectivity index (χ3v) is 5.81. The van der Waals surface area contributed by atoms with Gasteiger partial charge in [0, 0.05) is 61.7 Å². The van der Waals surface area contributed by atoms with Gasteiger partial charge in [-0.2, -0.15) is 0 Å². The highest BCUT2D eigenvalue weighted by Crippen LogP contribution is 2.30. The number of rotatable bonds is 7. The molecule has 0 unspecified atom stereocenters. The van der Waals surface area contributed by atoms with Gasteiger partial charge in [0.25, 0.3) is 0 Å². The molecule has 0 saturated carbocycles. The molecule has 0 atom stereocenters. The Labute approximate surface area is 194 Å². The summed E-state index contributed by atoms with van der Waals surface area (Å²) in [6.45, 7) is 2.42. The first kappa shape index (κ1) is 22.5. The number of anilines is 1. The molecule has 2 aromatic carbocycles. The van der Waals surface area contributed by atoms with Crippen LogP contribution in [0.2, 0.25) is 0 Å². The first-order chi connectivity index (χ1) is 16.2. The molecule has 0 aliphatic carbocycles. The molecule has 1 aromatic heterocycles. The lowest BCUT2D eigenvalue weighted by atomic mass is 10.0. The fraction of sp³-hybridized carbons (Fsp3) is 0.360. The van der Waals surface area contributed by atoms with Crippen LogP contribution < -0.4 is 25.0 Å². The first-order valence-electron chi connectivity index (χ1n) is 11.1. The molecule has 0 radical (unpaired) electrons. The number of piperidine rings is 1. The number of aromatic nitrogens is 1. The van der Waals surface area contributed by atoms with Gasteiger partial charge in [-0.25, -0.2) is 0 Å². The van der Waals surface area contributed by atoms with Gasteiger partial charge in [-0.05, 0) is 12.8 Å². The Hall–Kier alpha value is -3.68. The number of methoxy groups -OCH3 is 2. The third-order valence-electron chi connectivity index (χ3n) is 5.81. The van der Waals surface area contributed by atoms with Gasteiger partial charge < -0.3 is 29.5 Å². The summed E-state index contributed by atoms with van der Waals surface area (Å²) in [7, 11) is 5.13. The topological polar surface area (TPSA) is 84.2 Å². The van der Waals surface area contributed by atoms with E-state index in [1.807, 2.05) is 42.5 Å². The lowest BCUT2D eigenvalue weighted by molar-refractivity contribution is 0.393. The summed E-state index contributed by atoms with van der Waals surface area (Å²) in [6.07, 6.45) is 2.00. The lowest BCUT2D eigenvalue weighted by Gasteiger charge is -2.34. The fourth-order valence-electron chi connectivity index (χ4n) is 3.95. The van der Waals surface area contributed by atoms with Crippen LogP contribution in [0.25, 0.3) is 11.3 Å². The third kappa shape index (κ3) is 5.77. The zero-order valence-electron chi connectivity index (χ0n) is 19.4. The fourth-order valence-corrected chi connectivity index (χ4v) is 3.95. The standard InChI is InChI=1S/C25H31N5O3/c1-26-25(27-17-20-13-24(33-29-20)18-7-5-4-6-8-18)28-19-9-11-30(12-10-19)21-14-22(31-2)16-23(15-21)32-3/h4-8,13-16,19H,9-12,17H2,1-3H3,(H2,26,27,28). The van der Waals surface area contributed by atoms with E-state index in [0.717, 1.165) is 66.1 Å². The Morgan fingerprint density at radius 3 is 2.39 bits per heavy atom. The highest BCUT2D eigenvalue weighted by molar-refractivity contribution is 5.80. The van der Waals surface area contributed by atoms with Gasteiger partial charge in [-0.3, -0.25) is 4.99 Å². The molecule has 8 heteroatoms. The number of ether oxygens (including phenoxy) is 2. The van der Waals surface area contributed by atoms with E-state index in [1.54, 1.807) is 21.3 Å². The number of guanidine groups is 1. The Morgan fingerprint density at radius 1 is 1.06 bits per heavy atom. The predicted octanol–water partition coefficient (Wildman–Crippen LogP) is 3.69. The predicted molar refractivity (Wildman–Crippen MR) is 130 cm³/mol. The van der Waals surface area contributed by atoms with Crippen molar-refractivity contribution in [2.75, 3.05) is 39.3 Å². The summed E-state index contributed by atoms with van der Waals surface area (Å²) in [6, 6.07) is 18.3. The van der Waals surface area contributed by atoms with E-state index in [1.165, 1.54) is 0 Å². The summed E-state index contributed by atoms with van der Waals surface area (Å²) in [5.41, 5.74) is 2.96. The number of aliphatic imine (C=N–C) groups is 1. The zero-order valence-corrected chi connectivity index (χ0v) is 19.4. The average molecular weight is 450 g/mol. The largest absolute Gasteiger partial charge is 0.497 e. The van der Waals surface area contributed by atoms with Crippen molar-refractivity contribution in [1.82, 2.24) is 15.8 Å². The molecule has 1 fully saturated rings. The van der Waals surface area contributed by atoms with E-state index >= 15 is 0 Å². The van der Waals surface area contributed by atoms with Gasteiger partial charge in [0.05, 0.1) is 20.8 Å². The van der Waals surface area contributed by atoms with Crippen molar-refractivity contribution in [3.05, 3.63) is 60.3 Å². The summed E-state index contributed by atoms with van der Waals surface area (Å²) < 4.78 is 16.3. The molecule has 2 heterocycles. The van der Waals surface area contributed by atoms with Crippen LogP contribution in [0.4, 0.5) is 5.69 Å². The number of nitrogens with one attached hydrogen (secondary N) is 2. The zero-order chi connectivity index (χ0) is 23.0. The molecule has 33 heavy (non-hydrogen) atoms. The normalized spacial score (nSPS) is 14.8. The Kier molecular flexibility index (Phi) is 7.34. The second-order valence-electron chi connectivity index (χ2n) is 7.95. The van der Waals surface area contributed by atoms with Crippen molar-refractivity contribution in [1.29, 1.82) is 0 Å². The molecular formula is C25H31N5O3. The smallest absolute Gasteiger partial charge is 0.191 e. The average Bonchev–Trinajstić information content (AvgIpc) is 3.36. The number of benzene rings is 2.